The van der Waals surface area contributed by atoms with Gasteiger partial charge in [0.1, 0.15) is 5.78 Å². The number of nitrogens with zero attached hydrogens (tertiary/aromatic N) is 3. The summed E-state index contributed by atoms with van der Waals surface area (Å²) < 4.78 is 1.49. The molecule has 0 unspecified atom stereocenters. The van der Waals surface area contributed by atoms with E-state index in [9.17, 15) is 14.9 Å². The second-order valence-electron chi connectivity index (χ2n) is 3.19. The van der Waals surface area contributed by atoms with Gasteiger partial charge in [0.25, 0.3) is 0 Å². The van der Waals surface area contributed by atoms with Crippen LogP contribution < -0.4 is 0 Å². The van der Waals surface area contributed by atoms with Gasteiger partial charge in [0, 0.05) is 12.8 Å². The highest BCUT2D eigenvalue weighted by atomic mass is 16.6. The van der Waals surface area contributed by atoms with E-state index in [1.165, 1.54) is 10.7 Å². The van der Waals surface area contributed by atoms with E-state index in [-0.39, 0.29) is 11.6 Å². The maximum absolute atomic E-state index is 11.0. The number of nitro groups is 1. The molecule has 0 bridgehead atoms. The molecule has 0 amide bonds. The number of aromatic nitrogens is 2. The molecule has 0 aliphatic rings. The molecule has 0 fully saturated rings. The van der Waals surface area contributed by atoms with Crippen molar-refractivity contribution in [2.24, 2.45) is 0 Å². The van der Waals surface area contributed by atoms with E-state index in [0.717, 1.165) is 0 Å². The van der Waals surface area contributed by atoms with Gasteiger partial charge in [0.15, 0.2) is 0 Å². The van der Waals surface area contributed by atoms with Crippen molar-refractivity contribution in [2.45, 2.75) is 32.7 Å². The maximum Gasteiger partial charge on any atom is 0.389 e. The van der Waals surface area contributed by atoms with E-state index in [1.54, 1.807) is 6.20 Å². The quantitative estimate of drug-likeness (QED) is 0.528. The van der Waals surface area contributed by atoms with E-state index in [2.05, 4.69) is 5.10 Å². The normalized spacial score (nSPS) is 10.2. The first-order valence-corrected chi connectivity index (χ1v) is 4.83. The third-order valence-electron chi connectivity index (χ3n) is 2.05. The third-order valence-corrected chi connectivity index (χ3v) is 2.05. The third kappa shape index (κ3) is 3.49. The molecule has 6 heteroatoms. The standard InChI is InChI=1S/C9H13N3O3/c1-2-8(13)4-3-6-11-7-5-9(10-11)12(14)15/h5,7H,2-4,6H2,1H3. The smallest absolute Gasteiger partial charge is 0.358 e. The summed E-state index contributed by atoms with van der Waals surface area (Å²) in [6.07, 6.45) is 3.27. The van der Waals surface area contributed by atoms with Crippen molar-refractivity contribution in [1.29, 1.82) is 0 Å². The molecule has 0 aliphatic heterocycles. The van der Waals surface area contributed by atoms with Crippen molar-refractivity contribution in [1.82, 2.24) is 9.78 Å². The fraction of sp³-hybridized carbons (Fsp3) is 0.556. The van der Waals surface area contributed by atoms with E-state index in [0.29, 0.717) is 25.8 Å². The number of ketones is 1. The summed E-state index contributed by atoms with van der Waals surface area (Å²) in [5.74, 6) is 0.0495. The van der Waals surface area contributed by atoms with E-state index >= 15 is 0 Å². The van der Waals surface area contributed by atoms with Crippen molar-refractivity contribution >= 4 is 11.6 Å². The lowest BCUT2D eigenvalue weighted by atomic mass is 10.2. The largest absolute Gasteiger partial charge is 0.389 e. The number of aryl methyl sites for hydroxylation is 1. The highest BCUT2D eigenvalue weighted by Crippen LogP contribution is 2.06. The topological polar surface area (TPSA) is 78.0 Å². The molecule has 6 nitrogen and oxygen atoms in total. The highest BCUT2D eigenvalue weighted by molar-refractivity contribution is 5.77. The van der Waals surface area contributed by atoms with E-state index in [1.807, 2.05) is 6.92 Å². The molecule has 0 aromatic carbocycles. The van der Waals surface area contributed by atoms with Crippen LogP contribution in [0.25, 0.3) is 0 Å². The number of Topliss-reactive ketones (excluding diaryl/α,β-unsaturated/α-hetero) is 1. The van der Waals surface area contributed by atoms with E-state index < -0.39 is 4.92 Å². The Bertz CT molecular complexity index is 359. The zero-order chi connectivity index (χ0) is 11.3. The van der Waals surface area contributed by atoms with Crippen molar-refractivity contribution in [3.8, 4) is 0 Å². The Morgan fingerprint density at radius 1 is 1.67 bits per heavy atom. The molecule has 1 heterocycles. The van der Waals surface area contributed by atoms with Gasteiger partial charge in [-0.1, -0.05) is 6.92 Å². The summed E-state index contributed by atoms with van der Waals surface area (Å²) in [4.78, 5) is 20.8. The summed E-state index contributed by atoms with van der Waals surface area (Å²) in [5.41, 5.74) is 0. The molecule has 0 aliphatic carbocycles. The van der Waals surface area contributed by atoms with Crippen LogP contribution in [-0.2, 0) is 11.3 Å². The fourth-order valence-electron chi connectivity index (χ4n) is 1.19. The molecule has 1 aromatic heterocycles. The predicted octanol–water partition coefficient (Wildman–Crippen LogP) is 1.55. The minimum Gasteiger partial charge on any atom is -0.358 e. The average Bonchev–Trinajstić information content (AvgIpc) is 2.66. The SMILES string of the molecule is CCC(=O)CCCn1ccc([N+](=O)[O-])n1. The van der Waals surface area contributed by atoms with Crippen LogP contribution in [0.3, 0.4) is 0 Å². The minimum atomic E-state index is -0.534. The molecular formula is C9H13N3O3. The minimum absolute atomic E-state index is 0.156. The van der Waals surface area contributed by atoms with Gasteiger partial charge in [-0.05, 0) is 11.3 Å². The molecule has 0 radical (unpaired) electrons. The van der Waals surface area contributed by atoms with Crippen LogP contribution >= 0.6 is 0 Å². The Morgan fingerprint density at radius 2 is 2.40 bits per heavy atom. The molecule has 0 spiro atoms. The summed E-state index contributed by atoms with van der Waals surface area (Å²) in [6, 6.07) is 1.35. The number of carbonyl (C=O) groups is 1. The van der Waals surface area contributed by atoms with Gasteiger partial charge < -0.3 is 10.1 Å². The molecule has 0 saturated carbocycles. The van der Waals surface area contributed by atoms with Crippen LogP contribution in [0.15, 0.2) is 12.3 Å². The van der Waals surface area contributed by atoms with Crippen LogP contribution in [0, 0.1) is 10.1 Å². The van der Waals surface area contributed by atoms with Crippen molar-refractivity contribution < 1.29 is 9.72 Å². The predicted molar refractivity (Wildman–Crippen MR) is 53.4 cm³/mol. The lowest BCUT2D eigenvalue weighted by molar-refractivity contribution is -0.389. The Kier molecular flexibility index (Phi) is 3.96. The number of rotatable bonds is 6. The molecule has 0 N–H and O–H groups in total. The first-order valence-electron chi connectivity index (χ1n) is 4.83. The number of hydrogen-bond acceptors (Lipinski definition) is 4. The number of hydrogen-bond donors (Lipinski definition) is 0. The second kappa shape index (κ2) is 5.23. The van der Waals surface area contributed by atoms with Gasteiger partial charge in [-0.25, -0.2) is 0 Å². The number of carbonyl (C=O) groups excluding carboxylic acids is 1. The van der Waals surface area contributed by atoms with Crippen LogP contribution in [-0.4, -0.2) is 20.5 Å². The zero-order valence-corrected chi connectivity index (χ0v) is 8.55. The average molecular weight is 211 g/mol. The molecule has 1 aromatic rings. The van der Waals surface area contributed by atoms with Gasteiger partial charge in [-0.15, -0.1) is 0 Å². The first kappa shape index (κ1) is 11.4. The van der Waals surface area contributed by atoms with Gasteiger partial charge in [-0.2, -0.15) is 4.68 Å². The van der Waals surface area contributed by atoms with Crippen molar-refractivity contribution in [2.75, 3.05) is 0 Å². The Morgan fingerprint density at radius 3 is 2.93 bits per heavy atom. The summed E-state index contributed by atoms with van der Waals surface area (Å²) in [5, 5.41) is 14.1. The molecule has 1 rings (SSSR count). The Hall–Kier alpha value is -1.72. The summed E-state index contributed by atoms with van der Waals surface area (Å²) in [7, 11) is 0. The Labute approximate surface area is 87.0 Å². The summed E-state index contributed by atoms with van der Waals surface area (Å²) in [6.45, 7) is 2.36. The second-order valence-corrected chi connectivity index (χ2v) is 3.19. The van der Waals surface area contributed by atoms with Gasteiger partial charge in [-0.3, -0.25) is 4.79 Å². The van der Waals surface area contributed by atoms with Gasteiger partial charge in [0.05, 0.1) is 23.9 Å². The maximum atomic E-state index is 11.0. The zero-order valence-electron chi connectivity index (χ0n) is 8.55. The van der Waals surface area contributed by atoms with E-state index in [4.69, 9.17) is 0 Å². The summed E-state index contributed by atoms with van der Waals surface area (Å²) >= 11 is 0. The molecule has 82 valence electrons. The first-order chi connectivity index (χ1) is 7.13. The van der Waals surface area contributed by atoms with Crippen molar-refractivity contribution in [3.05, 3.63) is 22.4 Å². The van der Waals surface area contributed by atoms with Gasteiger partial charge >= 0.3 is 5.82 Å². The van der Waals surface area contributed by atoms with Crippen molar-refractivity contribution in [3.63, 3.8) is 0 Å². The lowest BCUT2D eigenvalue weighted by Crippen LogP contribution is -2.03. The molecule has 0 saturated heterocycles. The van der Waals surface area contributed by atoms with Crippen LogP contribution in [0.4, 0.5) is 5.82 Å². The molecule has 0 atom stereocenters. The van der Waals surface area contributed by atoms with Gasteiger partial charge in [0.2, 0.25) is 0 Å². The fourth-order valence-corrected chi connectivity index (χ4v) is 1.19. The Balaban J connectivity index is 2.38. The van der Waals surface area contributed by atoms with Crippen LogP contribution in [0.2, 0.25) is 0 Å². The van der Waals surface area contributed by atoms with Crippen LogP contribution in [0.1, 0.15) is 26.2 Å². The lowest BCUT2D eigenvalue weighted by Gasteiger charge is -1.96. The molecular weight excluding hydrogens is 198 g/mol. The monoisotopic (exact) mass is 211 g/mol. The molecule has 15 heavy (non-hydrogen) atoms. The highest BCUT2D eigenvalue weighted by Gasteiger charge is 2.10. The van der Waals surface area contributed by atoms with Crippen LogP contribution in [0.5, 0.6) is 0 Å².